The Labute approximate surface area is 168 Å². The second-order valence-electron chi connectivity index (χ2n) is 7.22. The quantitative estimate of drug-likeness (QED) is 0.490. The number of allylic oxidation sites excluding steroid dienone is 3. The molecule has 0 aromatic heterocycles. The minimum absolute atomic E-state index is 0.00127. The summed E-state index contributed by atoms with van der Waals surface area (Å²) in [5.74, 6) is -1.21. The zero-order valence-electron chi connectivity index (χ0n) is 15.6. The Morgan fingerprint density at radius 2 is 1.70 bits per heavy atom. The molecular formula is C21H17F6NO2. The van der Waals surface area contributed by atoms with Crippen LogP contribution in [-0.2, 0) is 17.1 Å². The third kappa shape index (κ3) is 5.02. The Morgan fingerprint density at radius 3 is 2.23 bits per heavy atom. The molecule has 2 unspecified atom stereocenters. The summed E-state index contributed by atoms with van der Waals surface area (Å²) in [6, 6.07) is 0.203. The zero-order valence-corrected chi connectivity index (χ0v) is 15.6. The number of amides is 1. The Balaban J connectivity index is 1.95. The molecule has 0 N–H and O–H groups in total. The topological polar surface area (TPSA) is 37.4 Å². The van der Waals surface area contributed by atoms with Gasteiger partial charge in [0.2, 0.25) is 0 Å². The number of likely N-dealkylation sites (tertiary alicyclic amines) is 1. The van der Waals surface area contributed by atoms with Crippen LogP contribution in [0.15, 0.2) is 48.2 Å². The van der Waals surface area contributed by atoms with E-state index in [9.17, 15) is 35.9 Å². The third-order valence-corrected chi connectivity index (χ3v) is 5.04. The van der Waals surface area contributed by atoms with E-state index >= 15 is 0 Å². The predicted molar refractivity (Wildman–Crippen MR) is 95.4 cm³/mol. The van der Waals surface area contributed by atoms with E-state index in [2.05, 4.69) is 5.73 Å². The first-order chi connectivity index (χ1) is 13.9. The van der Waals surface area contributed by atoms with Crippen LogP contribution in [-0.4, -0.2) is 29.2 Å². The maximum absolute atomic E-state index is 13.1. The Kier molecular flexibility index (Phi) is 5.94. The molecule has 1 saturated heterocycles. The molecule has 2 aliphatic rings. The highest BCUT2D eigenvalue weighted by Gasteiger charge is 2.39. The molecule has 0 bridgehead atoms. The fraction of sp³-hybridized carbons (Fsp3) is 0.381. The molecular weight excluding hydrogens is 412 g/mol. The van der Waals surface area contributed by atoms with Gasteiger partial charge in [0, 0.05) is 36.9 Å². The van der Waals surface area contributed by atoms with Gasteiger partial charge in [0.1, 0.15) is 5.78 Å². The average Bonchev–Trinajstić information content (AvgIpc) is 2.67. The van der Waals surface area contributed by atoms with Crippen LogP contribution in [0.1, 0.15) is 40.7 Å². The second kappa shape index (κ2) is 8.14. The summed E-state index contributed by atoms with van der Waals surface area (Å²) in [6.45, 7) is -0.0596. The first-order valence-corrected chi connectivity index (χ1v) is 9.16. The van der Waals surface area contributed by atoms with Crippen LogP contribution in [0.2, 0.25) is 0 Å². The van der Waals surface area contributed by atoms with Crippen LogP contribution in [0.3, 0.4) is 0 Å². The lowest BCUT2D eigenvalue weighted by atomic mass is 9.89. The molecule has 1 aliphatic carbocycles. The minimum atomic E-state index is -5.04. The van der Waals surface area contributed by atoms with Crippen LogP contribution in [0.5, 0.6) is 0 Å². The Bertz CT molecular complexity index is 906. The van der Waals surface area contributed by atoms with Crippen LogP contribution in [0, 0.1) is 5.92 Å². The van der Waals surface area contributed by atoms with Crippen molar-refractivity contribution < 1.29 is 35.9 Å². The van der Waals surface area contributed by atoms with E-state index < -0.39 is 41.0 Å². The number of hydrogen-bond donors (Lipinski definition) is 0. The summed E-state index contributed by atoms with van der Waals surface area (Å²) in [7, 11) is 0. The standard InChI is InChI=1S/C21H17F6NO2/c22-20(23,24)15-9-14(10-16(11-15)21(25,26)27)19(30)28-7-6-18(29)12-17(28)8-13-4-2-1-3-5-13/h1-2,4-5,9-11,13,17H,6-8,12H2. The number of carbonyl (C=O) groups excluding carboxylic acids is 2. The van der Waals surface area contributed by atoms with Gasteiger partial charge in [-0.2, -0.15) is 26.3 Å². The van der Waals surface area contributed by atoms with Crippen molar-refractivity contribution in [3.05, 3.63) is 64.9 Å². The highest BCUT2D eigenvalue weighted by Crippen LogP contribution is 2.37. The summed E-state index contributed by atoms with van der Waals surface area (Å²) in [6.07, 6.45) is -2.80. The number of nitrogens with zero attached hydrogens (tertiary/aromatic N) is 1. The molecule has 0 radical (unpaired) electrons. The van der Waals surface area contributed by atoms with E-state index in [-0.39, 0.29) is 37.2 Å². The lowest BCUT2D eigenvalue weighted by Crippen LogP contribution is -2.47. The van der Waals surface area contributed by atoms with Gasteiger partial charge in [-0.05, 0) is 36.8 Å². The van der Waals surface area contributed by atoms with Crippen molar-refractivity contribution in [1.82, 2.24) is 4.90 Å². The van der Waals surface area contributed by atoms with E-state index in [1.54, 1.807) is 18.2 Å². The Hall–Kier alpha value is -2.80. The van der Waals surface area contributed by atoms with E-state index in [4.69, 9.17) is 0 Å². The lowest BCUT2D eigenvalue weighted by molar-refractivity contribution is -0.143. The third-order valence-electron chi connectivity index (χ3n) is 5.04. The molecule has 3 nitrogen and oxygen atoms in total. The van der Waals surface area contributed by atoms with Gasteiger partial charge in [-0.1, -0.05) is 12.2 Å². The van der Waals surface area contributed by atoms with Gasteiger partial charge < -0.3 is 4.90 Å². The second-order valence-corrected chi connectivity index (χ2v) is 7.22. The molecule has 2 atom stereocenters. The van der Waals surface area contributed by atoms with Crippen LogP contribution in [0.4, 0.5) is 26.3 Å². The SMILES string of the molecule is O=C1CCN(C(=O)c2cc(C(F)(F)F)cc(C(F)(F)F)c2)C(CC2C=C=CC=C2)C1. The maximum Gasteiger partial charge on any atom is 0.416 e. The lowest BCUT2D eigenvalue weighted by Gasteiger charge is -2.36. The smallest absolute Gasteiger partial charge is 0.335 e. The van der Waals surface area contributed by atoms with E-state index in [0.29, 0.717) is 18.6 Å². The minimum Gasteiger partial charge on any atom is -0.335 e. The van der Waals surface area contributed by atoms with Gasteiger partial charge >= 0.3 is 12.4 Å². The van der Waals surface area contributed by atoms with Crippen LogP contribution in [0.25, 0.3) is 0 Å². The summed E-state index contributed by atoms with van der Waals surface area (Å²) < 4.78 is 78.7. The number of Topliss-reactive ketones (excluding diaryl/α,β-unsaturated/α-hetero) is 1. The van der Waals surface area contributed by atoms with Crippen molar-refractivity contribution in [3.63, 3.8) is 0 Å². The monoisotopic (exact) mass is 429 g/mol. The Morgan fingerprint density at radius 1 is 1.07 bits per heavy atom. The van der Waals surface area contributed by atoms with Crippen molar-refractivity contribution in [3.8, 4) is 0 Å². The number of ketones is 1. The largest absolute Gasteiger partial charge is 0.416 e. The number of halogens is 6. The highest BCUT2D eigenvalue weighted by molar-refractivity contribution is 5.96. The molecule has 1 heterocycles. The van der Waals surface area contributed by atoms with Crippen molar-refractivity contribution in [2.24, 2.45) is 5.92 Å². The fourth-order valence-corrected chi connectivity index (χ4v) is 3.57. The molecule has 1 aromatic carbocycles. The molecule has 0 spiro atoms. The van der Waals surface area contributed by atoms with Gasteiger partial charge in [0.05, 0.1) is 11.1 Å². The van der Waals surface area contributed by atoms with Gasteiger partial charge in [-0.15, -0.1) is 5.73 Å². The van der Waals surface area contributed by atoms with Gasteiger partial charge in [-0.25, -0.2) is 0 Å². The summed E-state index contributed by atoms with van der Waals surface area (Å²) in [4.78, 5) is 26.1. The molecule has 1 aliphatic heterocycles. The first-order valence-electron chi connectivity index (χ1n) is 9.16. The van der Waals surface area contributed by atoms with Crippen LogP contribution >= 0.6 is 0 Å². The van der Waals surface area contributed by atoms with Crippen molar-refractivity contribution in [2.45, 2.75) is 37.7 Å². The number of benzene rings is 1. The molecule has 1 fully saturated rings. The molecule has 160 valence electrons. The molecule has 30 heavy (non-hydrogen) atoms. The molecule has 1 amide bonds. The van der Waals surface area contributed by atoms with Gasteiger partial charge in [0.15, 0.2) is 0 Å². The predicted octanol–water partition coefficient (Wildman–Crippen LogP) is 5.19. The first kappa shape index (κ1) is 21.9. The number of piperidine rings is 1. The normalized spacial score (nSPS) is 21.9. The number of alkyl halides is 6. The van der Waals surface area contributed by atoms with Crippen molar-refractivity contribution >= 4 is 11.7 Å². The molecule has 1 aromatic rings. The number of hydrogen-bond acceptors (Lipinski definition) is 2. The summed E-state index contributed by atoms with van der Waals surface area (Å²) in [5.41, 5.74) is -0.914. The molecule has 3 rings (SSSR count). The van der Waals surface area contributed by atoms with Gasteiger partial charge in [0.25, 0.3) is 5.91 Å². The summed E-state index contributed by atoms with van der Waals surface area (Å²) in [5, 5.41) is 0. The van der Waals surface area contributed by atoms with Crippen LogP contribution < -0.4 is 0 Å². The number of carbonyl (C=O) groups is 2. The molecule has 9 heteroatoms. The maximum atomic E-state index is 13.1. The fourth-order valence-electron chi connectivity index (χ4n) is 3.57. The van der Waals surface area contributed by atoms with E-state index in [0.717, 1.165) is 0 Å². The zero-order chi connectivity index (χ0) is 22.1. The van der Waals surface area contributed by atoms with Crippen molar-refractivity contribution in [2.75, 3.05) is 6.54 Å². The highest BCUT2D eigenvalue weighted by atomic mass is 19.4. The average molecular weight is 429 g/mol. The molecule has 0 saturated carbocycles. The summed E-state index contributed by atoms with van der Waals surface area (Å²) >= 11 is 0. The van der Waals surface area contributed by atoms with Gasteiger partial charge in [-0.3, -0.25) is 9.59 Å². The van der Waals surface area contributed by atoms with E-state index in [1.165, 1.54) is 4.90 Å². The number of rotatable bonds is 3. The van der Waals surface area contributed by atoms with Crippen molar-refractivity contribution in [1.29, 1.82) is 0 Å². The van der Waals surface area contributed by atoms with E-state index in [1.807, 2.05) is 6.08 Å².